The van der Waals surface area contributed by atoms with Crippen molar-refractivity contribution in [3.63, 3.8) is 0 Å². The summed E-state index contributed by atoms with van der Waals surface area (Å²) < 4.78 is 5.42. The highest BCUT2D eigenvalue weighted by atomic mass is 16.5. The molecular weight excluding hydrogens is 220 g/mol. The lowest BCUT2D eigenvalue weighted by molar-refractivity contribution is -0.134. The molecule has 0 aromatic carbocycles. The van der Waals surface area contributed by atoms with Crippen LogP contribution in [0.1, 0.15) is 44.5 Å². The zero-order chi connectivity index (χ0) is 12.3. The van der Waals surface area contributed by atoms with E-state index in [1.807, 2.05) is 6.92 Å². The van der Waals surface area contributed by atoms with Crippen molar-refractivity contribution < 1.29 is 9.53 Å². The third-order valence-corrected chi connectivity index (χ3v) is 3.40. The molecule has 2 rings (SSSR count). The molecule has 0 radical (unpaired) electrons. The summed E-state index contributed by atoms with van der Waals surface area (Å²) in [6, 6.07) is -0.154. The van der Waals surface area contributed by atoms with Crippen molar-refractivity contribution in [2.75, 3.05) is 7.11 Å². The van der Waals surface area contributed by atoms with Gasteiger partial charge in [-0.1, -0.05) is 0 Å². The molecule has 1 aromatic heterocycles. The van der Waals surface area contributed by atoms with E-state index in [0.29, 0.717) is 12.2 Å². The molecule has 6 nitrogen and oxygen atoms in total. The van der Waals surface area contributed by atoms with Crippen molar-refractivity contribution in [1.29, 1.82) is 0 Å². The number of carbonyl (C=O) groups is 1. The molecule has 17 heavy (non-hydrogen) atoms. The highest BCUT2D eigenvalue weighted by Gasteiger charge is 2.39. The van der Waals surface area contributed by atoms with Crippen LogP contribution in [0.15, 0.2) is 6.33 Å². The molecule has 94 valence electrons. The van der Waals surface area contributed by atoms with Gasteiger partial charge in [0.1, 0.15) is 12.2 Å². The molecular formula is C11H18N4O2. The molecule has 1 saturated carbocycles. The average Bonchev–Trinajstić information content (AvgIpc) is 2.76. The van der Waals surface area contributed by atoms with Gasteiger partial charge >= 0.3 is 0 Å². The second kappa shape index (κ2) is 4.83. The van der Waals surface area contributed by atoms with E-state index < -0.39 is 0 Å². The summed E-state index contributed by atoms with van der Waals surface area (Å²) in [5.41, 5.74) is -0.231. The summed E-state index contributed by atoms with van der Waals surface area (Å²) in [7, 11) is 1.67. The minimum Gasteiger partial charge on any atom is -0.378 e. The molecule has 6 heteroatoms. The molecule has 0 saturated heterocycles. The average molecular weight is 238 g/mol. The monoisotopic (exact) mass is 238 g/mol. The summed E-state index contributed by atoms with van der Waals surface area (Å²) >= 11 is 0. The number of ether oxygens (including phenoxy) is 1. The molecule has 1 aliphatic carbocycles. The van der Waals surface area contributed by atoms with Gasteiger partial charge in [-0.25, -0.2) is 4.98 Å². The molecule has 2 N–H and O–H groups in total. The van der Waals surface area contributed by atoms with Gasteiger partial charge in [0.25, 0.3) is 0 Å². The highest BCUT2D eigenvalue weighted by Crippen LogP contribution is 2.37. The zero-order valence-corrected chi connectivity index (χ0v) is 10.2. The lowest BCUT2D eigenvalue weighted by Gasteiger charge is -2.40. The van der Waals surface area contributed by atoms with Crippen LogP contribution in [0.2, 0.25) is 0 Å². The quantitative estimate of drug-likeness (QED) is 0.800. The number of hydrogen-bond donors (Lipinski definition) is 2. The van der Waals surface area contributed by atoms with E-state index >= 15 is 0 Å². The molecule has 1 heterocycles. The number of nitrogens with one attached hydrogen (secondary N) is 2. The summed E-state index contributed by atoms with van der Waals surface area (Å²) in [4.78, 5) is 15.9. The molecule has 1 amide bonds. The predicted octanol–water partition coefficient (Wildman–Crippen LogP) is 0.941. The van der Waals surface area contributed by atoms with Crippen LogP contribution in [0.4, 0.5) is 0 Å². The van der Waals surface area contributed by atoms with Crippen molar-refractivity contribution >= 4 is 5.91 Å². The van der Waals surface area contributed by atoms with Gasteiger partial charge in [-0.3, -0.25) is 9.89 Å². The first-order valence-corrected chi connectivity index (χ1v) is 5.85. The van der Waals surface area contributed by atoms with Crippen LogP contribution in [0.3, 0.4) is 0 Å². The Balaban J connectivity index is 1.85. The summed E-state index contributed by atoms with van der Waals surface area (Å²) in [6.07, 6.45) is 4.92. The predicted molar refractivity (Wildman–Crippen MR) is 61.1 cm³/mol. The summed E-state index contributed by atoms with van der Waals surface area (Å²) in [6.45, 7) is 1.87. The van der Waals surface area contributed by atoms with Crippen molar-refractivity contribution in [1.82, 2.24) is 20.5 Å². The minimum absolute atomic E-state index is 0.00421. The number of aromatic nitrogens is 3. The Morgan fingerprint density at radius 2 is 2.47 bits per heavy atom. The van der Waals surface area contributed by atoms with E-state index in [1.54, 1.807) is 7.11 Å². The highest BCUT2D eigenvalue weighted by molar-refractivity contribution is 5.77. The van der Waals surface area contributed by atoms with Gasteiger partial charge in [0.2, 0.25) is 5.91 Å². The molecule has 1 aromatic rings. The van der Waals surface area contributed by atoms with Gasteiger partial charge in [-0.15, -0.1) is 0 Å². The maximum absolute atomic E-state index is 11.9. The topological polar surface area (TPSA) is 79.9 Å². The second-order valence-electron chi connectivity index (χ2n) is 4.58. The SMILES string of the molecule is COC1(CC(=O)NC(C)c2ncn[nH]2)CCC1. The van der Waals surface area contributed by atoms with Crippen molar-refractivity contribution in [3.05, 3.63) is 12.2 Å². The lowest BCUT2D eigenvalue weighted by atomic mass is 9.77. The fraction of sp³-hybridized carbons (Fsp3) is 0.727. The van der Waals surface area contributed by atoms with Gasteiger partial charge in [0.15, 0.2) is 0 Å². The molecule has 0 aliphatic heterocycles. The number of rotatable bonds is 5. The molecule has 1 aliphatic rings. The molecule has 1 fully saturated rings. The molecule has 0 spiro atoms. The van der Waals surface area contributed by atoms with Gasteiger partial charge < -0.3 is 10.1 Å². The Morgan fingerprint density at radius 1 is 1.71 bits per heavy atom. The Labute approximate surface area is 100 Å². The van der Waals surface area contributed by atoms with Gasteiger partial charge in [-0.2, -0.15) is 5.10 Å². The number of methoxy groups -OCH3 is 1. The Bertz CT molecular complexity index is 367. The second-order valence-corrected chi connectivity index (χ2v) is 4.58. The van der Waals surface area contributed by atoms with E-state index in [0.717, 1.165) is 19.3 Å². The molecule has 1 unspecified atom stereocenters. The van der Waals surface area contributed by atoms with E-state index in [2.05, 4.69) is 20.5 Å². The van der Waals surface area contributed by atoms with Crippen LogP contribution in [0.25, 0.3) is 0 Å². The zero-order valence-electron chi connectivity index (χ0n) is 10.2. The maximum Gasteiger partial charge on any atom is 0.223 e. The van der Waals surface area contributed by atoms with E-state index in [4.69, 9.17) is 4.74 Å². The Morgan fingerprint density at radius 3 is 2.94 bits per heavy atom. The fourth-order valence-electron chi connectivity index (χ4n) is 2.10. The lowest BCUT2D eigenvalue weighted by Crippen LogP contribution is -2.44. The molecule has 1 atom stereocenters. The van der Waals surface area contributed by atoms with Crippen LogP contribution >= 0.6 is 0 Å². The number of H-pyrrole nitrogens is 1. The van der Waals surface area contributed by atoms with Crippen LogP contribution < -0.4 is 5.32 Å². The Hall–Kier alpha value is -1.43. The summed E-state index contributed by atoms with van der Waals surface area (Å²) in [5.74, 6) is 0.661. The van der Waals surface area contributed by atoms with Crippen LogP contribution in [0.5, 0.6) is 0 Å². The standard InChI is InChI=1S/C11H18N4O2/c1-8(10-12-7-13-15-10)14-9(16)6-11(17-2)4-3-5-11/h7-8H,3-6H2,1-2H3,(H,14,16)(H,12,13,15). The van der Waals surface area contributed by atoms with Crippen molar-refractivity contribution in [3.8, 4) is 0 Å². The largest absolute Gasteiger partial charge is 0.378 e. The first-order chi connectivity index (χ1) is 8.15. The number of amides is 1. The number of nitrogens with zero attached hydrogens (tertiary/aromatic N) is 2. The van der Waals surface area contributed by atoms with Gasteiger partial charge in [0, 0.05) is 7.11 Å². The van der Waals surface area contributed by atoms with E-state index in [1.165, 1.54) is 6.33 Å². The van der Waals surface area contributed by atoms with Crippen LogP contribution in [-0.4, -0.2) is 33.8 Å². The van der Waals surface area contributed by atoms with E-state index in [-0.39, 0.29) is 17.6 Å². The van der Waals surface area contributed by atoms with Gasteiger partial charge in [0.05, 0.1) is 18.1 Å². The number of carbonyl (C=O) groups excluding carboxylic acids is 1. The Kier molecular flexibility index (Phi) is 3.42. The number of hydrogen-bond acceptors (Lipinski definition) is 4. The first kappa shape index (κ1) is 12.0. The minimum atomic E-state index is -0.231. The van der Waals surface area contributed by atoms with Crippen molar-refractivity contribution in [2.24, 2.45) is 0 Å². The third-order valence-electron chi connectivity index (χ3n) is 3.40. The van der Waals surface area contributed by atoms with Crippen LogP contribution in [0, 0.1) is 0 Å². The van der Waals surface area contributed by atoms with Gasteiger partial charge in [-0.05, 0) is 26.2 Å². The smallest absolute Gasteiger partial charge is 0.223 e. The number of aromatic amines is 1. The third kappa shape index (κ3) is 2.63. The molecule has 0 bridgehead atoms. The van der Waals surface area contributed by atoms with Crippen LogP contribution in [-0.2, 0) is 9.53 Å². The van der Waals surface area contributed by atoms with E-state index in [9.17, 15) is 4.79 Å². The fourth-order valence-corrected chi connectivity index (χ4v) is 2.10. The first-order valence-electron chi connectivity index (χ1n) is 5.85. The maximum atomic E-state index is 11.9. The summed E-state index contributed by atoms with van der Waals surface area (Å²) in [5, 5.41) is 9.38. The normalized spacial score (nSPS) is 19.4. The van der Waals surface area contributed by atoms with Crippen molar-refractivity contribution in [2.45, 2.75) is 44.2 Å².